The summed E-state index contributed by atoms with van der Waals surface area (Å²) in [6.45, 7) is 7.75. The maximum atomic E-state index is 11.4. The second kappa shape index (κ2) is 3.61. The summed E-state index contributed by atoms with van der Waals surface area (Å²) in [5.74, 6) is 0. The van der Waals surface area contributed by atoms with Crippen LogP contribution in [0.4, 0.5) is 0 Å². The molecule has 3 heteroatoms. The molecule has 1 heterocycles. The Morgan fingerprint density at radius 2 is 1.75 bits per heavy atom. The van der Waals surface area contributed by atoms with Crippen LogP contribution in [-0.4, -0.2) is 9.36 Å². The summed E-state index contributed by atoms with van der Waals surface area (Å²) in [5, 5.41) is 0. The summed E-state index contributed by atoms with van der Waals surface area (Å²) in [6, 6.07) is 1.73. The van der Waals surface area contributed by atoms with Crippen LogP contribution in [0.5, 0.6) is 0 Å². The first-order valence-electron chi connectivity index (χ1n) is 4.54. The largest absolute Gasteiger partial charge is 0.287 e. The molecule has 0 aliphatic heterocycles. The van der Waals surface area contributed by atoms with E-state index in [-0.39, 0.29) is 5.56 Å². The number of hydrogen-bond donors (Lipinski definition) is 0. The normalized spacial score (nSPS) is 10.6. The van der Waals surface area contributed by atoms with Crippen molar-refractivity contribution in [3.05, 3.63) is 22.1 Å². The van der Waals surface area contributed by atoms with Gasteiger partial charge in [0.15, 0.2) is 0 Å². The number of aromatic nitrogens is 2. The molecule has 0 spiro atoms. The number of nitrogens with zero attached hydrogens (tertiary/aromatic N) is 2. The highest BCUT2D eigenvalue weighted by molar-refractivity contribution is 5.01. The first kappa shape index (κ1) is 9.10. The van der Waals surface area contributed by atoms with Crippen molar-refractivity contribution in [3.8, 4) is 0 Å². The van der Waals surface area contributed by atoms with Gasteiger partial charge in [0, 0.05) is 24.8 Å². The number of rotatable bonds is 3. The predicted molar refractivity (Wildman–Crippen MR) is 49.4 cm³/mol. The Kier molecular flexibility index (Phi) is 2.74. The van der Waals surface area contributed by atoms with Crippen LogP contribution >= 0.6 is 0 Å². The Balaban J connectivity index is 3.25. The van der Waals surface area contributed by atoms with E-state index in [0.717, 1.165) is 25.2 Å². The molecule has 0 unspecified atom stereocenters. The van der Waals surface area contributed by atoms with Crippen LogP contribution in [-0.2, 0) is 19.5 Å². The average Bonchev–Trinajstić information content (AvgIpc) is 2.40. The average molecular weight is 168 g/mol. The third-order valence-electron chi connectivity index (χ3n) is 2.13. The lowest BCUT2D eigenvalue weighted by Crippen LogP contribution is -2.21. The van der Waals surface area contributed by atoms with Crippen LogP contribution < -0.4 is 5.56 Å². The van der Waals surface area contributed by atoms with Crippen LogP contribution in [0.15, 0.2) is 10.9 Å². The Hall–Kier alpha value is -0.990. The second-order valence-electron chi connectivity index (χ2n) is 2.76. The van der Waals surface area contributed by atoms with Crippen LogP contribution in [0.2, 0.25) is 0 Å². The summed E-state index contributed by atoms with van der Waals surface area (Å²) in [6.07, 6.45) is 0.927. The van der Waals surface area contributed by atoms with Crippen molar-refractivity contribution in [1.29, 1.82) is 0 Å². The molecule has 3 nitrogen and oxygen atoms in total. The predicted octanol–water partition coefficient (Wildman–Crippen LogP) is 1.25. The molecule has 0 amide bonds. The van der Waals surface area contributed by atoms with Gasteiger partial charge in [-0.15, -0.1) is 0 Å². The minimum Gasteiger partial charge on any atom is -0.287 e. The lowest BCUT2D eigenvalue weighted by molar-refractivity contribution is 0.463. The van der Waals surface area contributed by atoms with E-state index >= 15 is 0 Å². The molecule has 12 heavy (non-hydrogen) atoms. The van der Waals surface area contributed by atoms with Crippen molar-refractivity contribution >= 4 is 0 Å². The summed E-state index contributed by atoms with van der Waals surface area (Å²) in [7, 11) is 0. The van der Waals surface area contributed by atoms with E-state index < -0.39 is 0 Å². The van der Waals surface area contributed by atoms with Crippen molar-refractivity contribution < 1.29 is 0 Å². The van der Waals surface area contributed by atoms with Gasteiger partial charge >= 0.3 is 0 Å². The van der Waals surface area contributed by atoms with Gasteiger partial charge in [-0.05, 0) is 20.3 Å². The van der Waals surface area contributed by atoms with E-state index in [4.69, 9.17) is 0 Å². The van der Waals surface area contributed by atoms with Crippen LogP contribution in [0, 0.1) is 0 Å². The van der Waals surface area contributed by atoms with E-state index in [1.165, 1.54) is 0 Å². The molecule has 0 N–H and O–H groups in total. The molecule has 0 saturated heterocycles. The van der Waals surface area contributed by atoms with Gasteiger partial charge in [-0.1, -0.05) is 6.92 Å². The Bertz CT molecular complexity index is 309. The molecule has 1 rings (SSSR count). The third-order valence-corrected chi connectivity index (χ3v) is 2.13. The smallest absolute Gasteiger partial charge is 0.266 e. The molecule has 0 fully saturated rings. The highest BCUT2D eigenvalue weighted by Crippen LogP contribution is 1.98. The van der Waals surface area contributed by atoms with Crippen LogP contribution in [0.3, 0.4) is 0 Å². The molecular weight excluding hydrogens is 152 g/mol. The zero-order valence-corrected chi connectivity index (χ0v) is 8.00. The summed E-state index contributed by atoms with van der Waals surface area (Å²) in [5.41, 5.74) is 1.25. The van der Waals surface area contributed by atoms with E-state index in [2.05, 4.69) is 13.8 Å². The molecular formula is C9H16N2O. The summed E-state index contributed by atoms with van der Waals surface area (Å²) in [4.78, 5) is 11.4. The Morgan fingerprint density at radius 3 is 2.17 bits per heavy atom. The molecule has 0 saturated carbocycles. The number of aryl methyl sites for hydroxylation is 1. The Morgan fingerprint density at radius 1 is 1.17 bits per heavy atom. The van der Waals surface area contributed by atoms with Crippen LogP contribution in [0.1, 0.15) is 26.5 Å². The maximum absolute atomic E-state index is 11.4. The van der Waals surface area contributed by atoms with Crippen molar-refractivity contribution in [2.45, 2.75) is 40.3 Å². The third kappa shape index (κ3) is 1.31. The topological polar surface area (TPSA) is 26.9 Å². The van der Waals surface area contributed by atoms with E-state index in [1.54, 1.807) is 10.7 Å². The van der Waals surface area contributed by atoms with Crippen molar-refractivity contribution in [2.75, 3.05) is 0 Å². The molecule has 0 radical (unpaired) electrons. The highest BCUT2D eigenvalue weighted by Gasteiger charge is 2.05. The van der Waals surface area contributed by atoms with Crippen molar-refractivity contribution in [1.82, 2.24) is 9.36 Å². The first-order valence-corrected chi connectivity index (χ1v) is 4.54. The maximum Gasteiger partial charge on any atom is 0.266 e. The lowest BCUT2D eigenvalue weighted by Gasteiger charge is -2.09. The van der Waals surface area contributed by atoms with Crippen molar-refractivity contribution in [2.24, 2.45) is 0 Å². The minimum absolute atomic E-state index is 0.121. The van der Waals surface area contributed by atoms with Crippen molar-refractivity contribution in [3.63, 3.8) is 0 Å². The van der Waals surface area contributed by atoms with Gasteiger partial charge in [0.05, 0.1) is 0 Å². The monoisotopic (exact) mass is 168 g/mol. The van der Waals surface area contributed by atoms with Gasteiger partial charge < -0.3 is 0 Å². The van der Waals surface area contributed by atoms with E-state index in [9.17, 15) is 4.79 Å². The molecule has 0 atom stereocenters. The fraction of sp³-hybridized carbons (Fsp3) is 0.667. The molecule has 0 aliphatic rings. The van der Waals surface area contributed by atoms with Gasteiger partial charge in [-0.25, -0.2) is 0 Å². The lowest BCUT2D eigenvalue weighted by atomic mass is 10.3. The fourth-order valence-electron chi connectivity index (χ4n) is 1.55. The molecule has 1 aromatic rings. The number of hydrogen-bond acceptors (Lipinski definition) is 1. The standard InChI is InChI=1S/C9H16N2O/c1-4-8-7-9(12)11(6-3)10(8)5-2/h7H,4-6H2,1-3H3. The fourth-order valence-corrected chi connectivity index (χ4v) is 1.55. The second-order valence-corrected chi connectivity index (χ2v) is 2.76. The van der Waals surface area contributed by atoms with E-state index in [1.807, 2.05) is 11.6 Å². The van der Waals surface area contributed by atoms with Crippen LogP contribution in [0.25, 0.3) is 0 Å². The Labute approximate surface area is 72.6 Å². The molecule has 0 aromatic carbocycles. The summed E-state index contributed by atoms with van der Waals surface area (Å²) < 4.78 is 3.82. The SMILES string of the molecule is CCc1cc(=O)n(CC)n1CC. The minimum atomic E-state index is 0.121. The van der Waals surface area contributed by atoms with Gasteiger partial charge in [0.25, 0.3) is 5.56 Å². The highest BCUT2D eigenvalue weighted by atomic mass is 16.1. The van der Waals surface area contributed by atoms with Gasteiger partial charge in [-0.3, -0.25) is 14.2 Å². The molecule has 1 aromatic heterocycles. The summed E-state index contributed by atoms with van der Waals surface area (Å²) >= 11 is 0. The van der Waals surface area contributed by atoms with Gasteiger partial charge in [0.1, 0.15) is 0 Å². The zero-order chi connectivity index (χ0) is 9.14. The van der Waals surface area contributed by atoms with Gasteiger partial charge in [0.2, 0.25) is 0 Å². The molecule has 68 valence electrons. The van der Waals surface area contributed by atoms with Gasteiger partial charge in [-0.2, -0.15) is 0 Å². The molecule has 0 aliphatic carbocycles. The van der Waals surface area contributed by atoms with E-state index in [0.29, 0.717) is 0 Å². The quantitative estimate of drug-likeness (QED) is 0.667. The zero-order valence-electron chi connectivity index (χ0n) is 8.00. The molecule has 0 bridgehead atoms. The first-order chi connectivity index (χ1) is 5.74.